The highest BCUT2D eigenvalue weighted by molar-refractivity contribution is 7.89. The first-order valence-electron chi connectivity index (χ1n) is 15.0. The van der Waals surface area contributed by atoms with Gasteiger partial charge in [-0.15, -0.1) is 11.3 Å². The van der Waals surface area contributed by atoms with E-state index in [4.69, 9.17) is 11.1 Å². The first-order valence-corrected chi connectivity index (χ1v) is 17.3. The van der Waals surface area contributed by atoms with E-state index in [2.05, 4.69) is 15.0 Å². The molecule has 3 atom stereocenters. The molecule has 2 amide bonds. The predicted molar refractivity (Wildman–Crippen MR) is 176 cm³/mol. The smallest absolute Gasteiger partial charge is 0.243 e. The van der Waals surface area contributed by atoms with E-state index in [0.29, 0.717) is 35.6 Å². The summed E-state index contributed by atoms with van der Waals surface area (Å²) in [6.45, 7) is -0.260. The van der Waals surface area contributed by atoms with Crippen molar-refractivity contribution in [1.29, 1.82) is 5.41 Å². The molecule has 46 heavy (non-hydrogen) atoms. The van der Waals surface area contributed by atoms with Crippen molar-refractivity contribution in [2.75, 3.05) is 13.2 Å². The molecule has 1 fully saturated rings. The van der Waals surface area contributed by atoms with Crippen LogP contribution in [0.25, 0.3) is 21.0 Å². The number of amides is 2. The fourth-order valence-corrected chi connectivity index (χ4v) is 8.12. The summed E-state index contributed by atoms with van der Waals surface area (Å²) < 4.78 is 30.3. The Kier molecular flexibility index (Phi) is 10.4. The van der Waals surface area contributed by atoms with Crippen molar-refractivity contribution in [2.24, 2.45) is 5.73 Å². The molecule has 2 heterocycles. The van der Waals surface area contributed by atoms with Crippen LogP contribution in [0.15, 0.2) is 71.6 Å². The van der Waals surface area contributed by atoms with E-state index in [1.807, 2.05) is 18.2 Å². The minimum atomic E-state index is -4.20. The van der Waals surface area contributed by atoms with Crippen molar-refractivity contribution in [1.82, 2.24) is 19.9 Å². The number of para-hydroxylation sites is 1. The first kappa shape index (κ1) is 33.1. The minimum Gasteiger partial charge on any atom is -0.396 e. The molecule has 242 valence electrons. The van der Waals surface area contributed by atoms with Gasteiger partial charge in [0.15, 0.2) is 5.01 Å². The van der Waals surface area contributed by atoms with E-state index in [0.717, 1.165) is 4.70 Å². The average molecular weight is 665 g/mol. The number of aromatic nitrogens is 1. The molecule has 0 aliphatic carbocycles. The van der Waals surface area contributed by atoms with Crippen molar-refractivity contribution in [3.8, 4) is 0 Å². The number of amidine groups is 1. The van der Waals surface area contributed by atoms with Gasteiger partial charge in [0.2, 0.25) is 27.6 Å². The number of sulfonamides is 1. The van der Waals surface area contributed by atoms with E-state index in [-0.39, 0.29) is 47.3 Å². The molecule has 1 aliphatic heterocycles. The molecule has 6 N–H and O–H groups in total. The van der Waals surface area contributed by atoms with E-state index in [1.54, 1.807) is 42.5 Å². The molecule has 0 unspecified atom stereocenters. The number of nitrogens with zero attached hydrogens (tertiary/aromatic N) is 2. The highest BCUT2D eigenvalue weighted by Gasteiger charge is 2.40. The van der Waals surface area contributed by atoms with Crippen molar-refractivity contribution < 1.29 is 27.9 Å². The third-order valence-electron chi connectivity index (χ3n) is 7.97. The Morgan fingerprint density at radius 1 is 1.04 bits per heavy atom. The Morgan fingerprint density at radius 3 is 2.54 bits per heavy atom. The third kappa shape index (κ3) is 7.41. The van der Waals surface area contributed by atoms with Crippen molar-refractivity contribution >= 4 is 65.8 Å². The Morgan fingerprint density at radius 2 is 1.78 bits per heavy atom. The Bertz CT molecular complexity index is 1840. The monoisotopic (exact) mass is 664 g/mol. The molecule has 4 aromatic rings. The maximum Gasteiger partial charge on any atom is 0.243 e. The van der Waals surface area contributed by atoms with Gasteiger partial charge in [0, 0.05) is 25.0 Å². The maximum absolute atomic E-state index is 13.8. The summed E-state index contributed by atoms with van der Waals surface area (Å²) in [5, 5.41) is 21.5. The number of nitrogens with one attached hydrogen (secondary N) is 3. The van der Waals surface area contributed by atoms with Crippen LogP contribution >= 0.6 is 11.3 Å². The second kappa shape index (κ2) is 14.5. The highest BCUT2D eigenvalue weighted by Crippen LogP contribution is 2.26. The molecular weight excluding hydrogens is 629 g/mol. The number of benzene rings is 3. The second-order valence-electron chi connectivity index (χ2n) is 11.2. The van der Waals surface area contributed by atoms with Crippen molar-refractivity contribution in [2.45, 2.75) is 61.5 Å². The van der Waals surface area contributed by atoms with Crippen LogP contribution in [-0.4, -0.2) is 78.1 Å². The number of rotatable bonds is 14. The molecule has 5 rings (SSSR count). The summed E-state index contributed by atoms with van der Waals surface area (Å²) >= 11 is 1.22. The molecular formula is C32H36N6O6S2. The van der Waals surface area contributed by atoms with E-state index in [1.165, 1.54) is 22.3 Å². The molecule has 0 saturated carbocycles. The number of hydrogen-bond acceptors (Lipinski definition) is 9. The van der Waals surface area contributed by atoms with Gasteiger partial charge in [0.25, 0.3) is 0 Å². The molecule has 1 saturated heterocycles. The summed E-state index contributed by atoms with van der Waals surface area (Å²) in [5.41, 5.74) is 6.19. The average Bonchev–Trinajstić information content (AvgIpc) is 3.71. The van der Waals surface area contributed by atoms with Gasteiger partial charge in [-0.05, 0) is 55.7 Å². The fraction of sp³-hybridized carbons (Fsp3) is 0.344. The lowest BCUT2D eigenvalue weighted by molar-refractivity contribution is -0.140. The Balaban J connectivity index is 1.34. The maximum atomic E-state index is 13.8. The summed E-state index contributed by atoms with van der Waals surface area (Å²) in [4.78, 5) is 46.8. The largest absolute Gasteiger partial charge is 0.396 e. The summed E-state index contributed by atoms with van der Waals surface area (Å²) in [7, 11) is -4.20. The number of carbonyl (C=O) groups excluding carboxylic acids is 3. The van der Waals surface area contributed by atoms with Gasteiger partial charge in [-0.3, -0.25) is 19.8 Å². The lowest BCUT2D eigenvalue weighted by atomic mass is 10.0. The van der Waals surface area contributed by atoms with Gasteiger partial charge in [0.05, 0.1) is 27.0 Å². The SMILES string of the molecule is N=C(N)CCC[C@H](NC(=O)[C@@H]1CCCN1C(=O)[C@H](CCO)NS(=O)(=O)c1cccc2ccccc12)C(=O)c1nc2ccccc2s1. The number of carbonyl (C=O) groups is 3. The van der Waals surface area contributed by atoms with Crippen LogP contribution in [0, 0.1) is 5.41 Å². The van der Waals surface area contributed by atoms with Gasteiger partial charge >= 0.3 is 0 Å². The topological polar surface area (TPSA) is 196 Å². The number of fused-ring (bicyclic) bond motifs is 2. The Hall–Kier alpha value is -4.24. The van der Waals surface area contributed by atoms with E-state index in [9.17, 15) is 27.9 Å². The van der Waals surface area contributed by atoms with Gasteiger partial charge in [0.1, 0.15) is 12.1 Å². The zero-order valence-corrected chi connectivity index (χ0v) is 26.6. The number of aliphatic hydroxyl groups is 1. The fourth-order valence-electron chi connectivity index (χ4n) is 5.71. The van der Waals surface area contributed by atoms with Crippen molar-refractivity contribution in [3.05, 3.63) is 71.7 Å². The van der Waals surface area contributed by atoms with E-state index >= 15 is 0 Å². The molecule has 14 heteroatoms. The summed E-state index contributed by atoms with van der Waals surface area (Å²) in [6.07, 6.45) is 1.43. The zero-order valence-electron chi connectivity index (χ0n) is 25.0. The Labute approximate surface area is 270 Å². The molecule has 0 radical (unpaired) electrons. The lowest BCUT2D eigenvalue weighted by Crippen LogP contribution is -2.55. The molecule has 0 bridgehead atoms. The van der Waals surface area contributed by atoms with Crippen LogP contribution in [0.2, 0.25) is 0 Å². The van der Waals surface area contributed by atoms with Crippen LogP contribution in [0.1, 0.15) is 48.3 Å². The number of Topliss-reactive ketones (excluding diaryl/α,β-unsaturated/α-hetero) is 1. The summed E-state index contributed by atoms with van der Waals surface area (Å²) in [5.74, 6) is -1.60. The number of nitrogens with two attached hydrogens (primary N) is 1. The molecule has 3 aromatic carbocycles. The number of likely N-dealkylation sites (tertiary alicyclic amines) is 1. The van der Waals surface area contributed by atoms with Crippen molar-refractivity contribution in [3.63, 3.8) is 0 Å². The normalized spacial score (nSPS) is 16.4. The van der Waals surface area contributed by atoms with Crippen LogP contribution in [0.5, 0.6) is 0 Å². The molecule has 12 nitrogen and oxygen atoms in total. The number of thiazole rings is 1. The van der Waals surface area contributed by atoms with Crippen LogP contribution in [0.3, 0.4) is 0 Å². The van der Waals surface area contributed by atoms with Crippen LogP contribution in [0.4, 0.5) is 0 Å². The summed E-state index contributed by atoms with van der Waals surface area (Å²) in [6, 6.07) is 15.9. The van der Waals surface area contributed by atoms with Gasteiger partial charge < -0.3 is 21.1 Å². The molecule has 0 spiro atoms. The third-order valence-corrected chi connectivity index (χ3v) is 10.5. The second-order valence-corrected chi connectivity index (χ2v) is 13.9. The quantitative estimate of drug-likeness (QED) is 0.0771. The molecule has 1 aromatic heterocycles. The predicted octanol–water partition coefficient (Wildman–Crippen LogP) is 2.94. The van der Waals surface area contributed by atoms with Crippen LogP contribution in [-0.2, 0) is 19.6 Å². The van der Waals surface area contributed by atoms with Gasteiger partial charge in [-0.2, -0.15) is 4.72 Å². The van der Waals surface area contributed by atoms with Gasteiger partial charge in [-0.25, -0.2) is 13.4 Å². The lowest BCUT2D eigenvalue weighted by Gasteiger charge is -2.29. The molecule has 1 aliphatic rings. The number of hydrogen-bond donors (Lipinski definition) is 5. The number of ketones is 1. The van der Waals surface area contributed by atoms with Gasteiger partial charge in [-0.1, -0.05) is 48.5 Å². The number of aliphatic hydroxyl groups excluding tert-OH is 1. The highest BCUT2D eigenvalue weighted by atomic mass is 32.2. The first-order chi connectivity index (χ1) is 22.1. The van der Waals surface area contributed by atoms with Crippen LogP contribution < -0.4 is 15.8 Å². The minimum absolute atomic E-state index is 0.00110. The van der Waals surface area contributed by atoms with E-state index < -0.39 is 46.6 Å². The zero-order chi connectivity index (χ0) is 32.8. The standard InChI is InChI=1S/C32H36N6O6S2/c33-28(34)16-6-12-23(29(40)31-36-22-11-3-4-14-26(22)45-31)35-30(41)25-13-7-18-38(25)32(42)24(17-19-39)37-46(43,44)27-15-5-9-20-8-1-2-10-21(20)27/h1-5,8-11,14-15,23-25,37,39H,6-7,12-13,16-19H2,(H3,33,34)(H,35,41)/t23-,24-,25-/m0/s1.